The molecule has 0 radical (unpaired) electrons. The number of alkyl halides is 6. The van der Waals surface area contributed by atoms with Gasteiger partial charge in [-0.25, -0.2) is 13.6 Å². The Morgan fingerprint density at radius 1 is 0.842 bits per heavy atom. The topological polar surface area (TPSA) is 66.8 Å². The minimum Gasteiger partial charge on any atom is -0.507 e. The standard InChI is InChI=1S/C25H16F8O4S/c1-37-23(24(28,29)30,25(31,32)33)14-8-16(27)10-18(9-14)38-17-6-7-19(21(34)11-17)20(12-22(35)36)13-2-4-15(26)5-3-13/h2-12,34H,1H3,(H,35,36). The van der Waals surface area contributed by atoms with Gasteiger partial charge in [0.25, 0.3) is 5.60 Å². The van der Waals surface area contributed by atoms with E-state index in [1.807, 2.05) is 0 Å². The summed E-state index contributed by atoms with van der Waals surface area (Å²) in [5.74, 6) is -3.89. The van der Waals surface area contributed by atoms with Crippen molar-refractivity contribution in [3.05, 3.63) is 95.1 Å². The van der Waals surface area contributed by atoms with Crippen molar-refractivity contribution in [1.29, 1.82) is 0 Å². The first-order chi connectivity index (χ1) is 17.6. The van der Waals surface area contributed by atoms with E-state index >= 15 is 0 Å². The summed E-state index contributed by atoms with van der Waals surface area (Å²) in [6, 6.07) is 9.47. The van der Waals surface area contributed by atoms with Gasteiger partial charge < -0.3 is 14.9 Å². The van der Waals surface area contributed by atoms with E-state index in [0.29, 0.717) is 23.9 Å². The van der Waals surface area contributed by atoms with Crippen LogP contribution in [-0.4, -0.2) is 35.6 Å². The first-order valence-corrected chi connectivity index (χ1v) is 11.1. The summed E-state index contributed by atoms with van der Waals surface area (Å²) in [4.78, 5) is 11.0. The SMILES string of the molecule is COC(c1cc(F)cc(Sc2ccc(C(=CC(=O)O)c3ccc(F)cc3)c(O)c2)c1)(C(F)(F)F)C(F)(F)F. The number of aliphatic carboxylic acids is 1. The lowest BCUT2D eigenvalue weighted by molar-refractivity contribution is -0.383. The molecule has 0 aromatic heterocycles. The Balaban J connectivity index is 2.04. The molecule has 4 nitrogen and oxygen atoms in total. The van der Waals surface area contributed by atoms with Crippen molar-refractivity contribution >= 4 is 23.3 Å². The van der Waals surface area contributed by atoms with Gasteiger partial charge in [0.15, 0.2) is 0 Å². The van der Waals surface area contributed by atoms with Crippen molar-refractivity contribution < 1.29 is 54.9 Å². The first-order valence-electron chi connectivity index (χ1n) is 10.3. The number of methoxy groups -OCH3 is 1. The smallest absolute Gasteiger partial charge is 0.430 e. The van der Waals surface area contributed by atoms with Gasteiger partial charge in [-0.1, -0.05) is 23.9 Å². The van der Waals surface area contributed by atoms with Gasteiger partial charge in [0, 0.05) is 34.1 Å². The summed E-state index contributed by atoms with van der Waals surface area (Å²) < 4.78 is 113. The molecule has 3 aromatic rings. The summed E-state index contributed by atoms with van der Waals surface area (Å²) in [5, 5.41) is 19.8. The second kappa shape index (κ2) is 10.7. The van der Waals surface area contributed by atoms with Crippen molar-refractivity contribution in [3.63, 3.8) is 0 Å². The molecule has 0 saturated carbocycles. The Morgan fingerprint density at radius 2 is 1.45 bits per heavy atom. The fraction of sp³-hybridized carbons (Fsp3) is 0.160. The molecule has 0 atom stereocenters. The third-order valence-electron chi connectivity index (χ3n) is 5.30. The predicted octanol–water partition coefficient (Wildman–Crippen LogP) is 7.30. The van der Waals surface area contributed by atoms with Crippen LogP contribution >= 0.6 is 11.8 Å². The Bertz CT molecular complexity index is 1350. The molecule has 2 N–H and O–H groups in total. The number of hydrogen-bond acceptors (Lipinski definition) is 4. The monoisotopic (exact) mass is 564 g/mol. The molecule has 0 bridgehead atoms. The Hall–Kier alpha value is -3.58. The van der Waals surface area contributed by atoms with E-state index in [1.54, 1.807) is 0 Å². The van der Waals surface area contributed by atoms with Crippen LogP contribution < -0.4 is 0 Å². The van der Waals surface area contributed by atoms with Crippen LogP contribution in [0.15, 0.2) is 76.5 Å². The van der Waals surface area contributed by atoms with Crippen LogP contribution in [0, 0.1) is 11.6 Å². The lowest BCUT2D eigenvalue weighted by Crippen LogP contribution is -2.55. The number of halogens is 8. The molecule has 0 aliphatic heterocycles. The number of rotatable bonds is 7. The number of carboxylic acids is 1. The van der Waals surface area contributed by atoms with E-state index < -0.39 is 46.9 Å². The maximum Gasteiger partial charge on any atom is 0.430 e. The summed E-state index contributed by atoms with van der Waals surface area (Å²) in [5.41, 5.74) is -6.13. The summed E-state index contributed by atoms with van der Waals surface area (Å²) in [6.07, 6.45) is -11.2. The fourth-order valence-corrected chi connectivity index (χ4v) is 4.61. The third kappa shape index (κ3) is 5.78. The van der Waals surface area contributed by atoms with E-state index in [9.17, 15) is 50.1 Å². The zero-order chi connectivity index (χ0) is 28.5. The van der Waals surface area contributed by atoms with Crippen LogP contribution in [0.25, 0.3) is 5.57 Å². The molecule has 38 heavy (non-hydrogen) atoms. The zero-order valence-corrected chi connectivity index (χ0v) is 19.8. The minimum atomic E-state index is -5.98. The normalized spacial score (nSPS) is 13.0. The largest absolute Gasteiger partial charge is 0.507 e. The van der Waals surface area contributed by atoms with Gasteiger partial charge in [0.2, 0.25) is 0 Å². The van der Waals surface area contributed by atoms with Gasteiger partial charge in [-0.3, -0.25) is 0 Å². The van der Waals surface area contributed by atoms with Gasteiger partial charge >= 0.3 is 18.3 Å². The lowest BCUT2D eigenvalue weighted by atomic mass is 9.92. The number of hydrogen-bond donors (Lipinski definition) is 2. The number of phenols is 1. The third-order valence-corrected chi connectivity index (χ3v) is 6.26. The Labute approximate surface area is 214 Å². The van der Waals surface area contributed by atoms with Crippen molar-refractivity contribution in [2.45, 2.75) is 27.7 Å². The van der Waals surface area contributed by atoms with Crippen molar-refractivity contribution in [2.24, 2.45) is 0 Å². The molecule has 0 aliphatic rings. The van der Waals surface area contributed by atoms with Gasteiger partial charge in [-0.05, 0) is 59.7 Å². The number of carbonyl (C=O) groups is 1. The number of carboxylic acid groups (broad SMARTS) is 1. The molecule has 0 fully saturated rings. The molecular formula is C25H16F8O4S. The highest BCUT2D eigenvalue weighted by molar-refractivity contribution is 7.99. The molecule has 0 saturated heterocycles. The number of phenolic OH excluding ortho intramolecular Hbond substituents is 1. The highest BCUT2D eigenvalue weighted by atomic mass is 32.2. The van der Waals surface area contributed by atoms with E-state index in [4.69, 9.17) is 0 Å². The van der Waals surface area contributed by atoms with Crippen LogP contribution in [0.4, 0.5) is 35.1 Å². The van der Waals surface area contributed by atoms with Gasteiger partial charge in [0.05, 0.1) is 0 Å². The molecule has 0 heterocycles. The van der Waals surface area contributed by atoms with E-state index in [2.05, 4.69) is 4.74 Å². The lowest BCUT2D eigenvalue weighted by Gasteiger charge is -2.36. The average Bonchev–Trinajstić information content (AvgIpc) is 2.77. The van der Waals surface area contributed by atoms with Gasteiger partial charge in [-0.2, -0.15) is 26.3 Å². The van der Waals surface area contributed by atoms with Crippen molar-refractivity contribution in [2.75, 3.05) is 7.11 Å². The van der Waals surface area contributed by atoms with Crippen LogP contribution in [0.3, 0.4) is 0 Å². The molecule has 0 unspecified atom stereocenters. The van der Waals surface area contributed by atoms with Crippen LogP contribution in [0.2, 0.25) is 0 Å². The average molecular weight is 564 g/mol. The van der Waals surface area contributed by atoms with Gasteiger partial charge in [0.1, 0.15) is 17.4 Å². The number of ether oxygens (including phenoxy) is 1. The zero-order valence-electron chi connectivity index (χ0n) is 19.0. The van der Waals surface area contributed by atoms with Crippen LogP contribution in [0.5, 0.6) is 5.75 Å². The highest BCUT2D eigenvalue weighted by Crippen LogP contribution is 2.53. The second-order valence-electron chi connectivity index (χ2n) is 7.74. The molecule has 3 rings (SSSR count). The second-order valence-corrected chi connectivity index (χ2v) is 8.89. The van der Waals surface area contributed by atoms with Crippen LogP contribution in [-0.2, 0) is 15.1 Å². The predicted molar refractivity (Wildman–Crippen MR) is 121 cm³/mol. The van der Waals surface area contributed by atoms with E-state index in [0.717, 1.165) is 24.3 Å². The minimum absolute atomic E-state index is 0.0141. The molecular weight excluding hydrogens is 548 g/mol. The van der Waals surface area contributed by atoms with Crippen molar-refractivity contribution in [3.8, 4) is 5.75 Å². The van der Waals surface area contributed by atoms with Crippen LogP contribution in [0.1, 0.15) is 16.7 Å². The van der Waals surface area contributed by atoms with Gasteiger partial charge in [-0.15, -0.1) is 0 Å². The molecule has 13 heteroatoms. The maximum atomic E-state index is 14.2. The molecule has 0 aliphatic carbocycles. The molecule has 202 valence electrons. The first kappa shape index (κ1) is 29.0. The summed E-state index contributed by atoms with van der Waals surface area (Å²) >= 11 is 0.534. The molecule has 3 aromatic carbocycles. The van der Waals surface area contributed by atoms with E-state index in [1.165, 1.54) is 24.3 Å². The van der Waals surface area contributed by atoms with Crippen molar-refractivity contribution in [1.82, 2.24) is 0 Å². The fourth-order valence-electron chi connectivity index (χ4n) is 3.67. The summed E-state index contributed by atoms with van der Waals surface area (Å²) in [7, 11) is 0.207. The Kier molecular flexibility index (Phi) is 8.13. The number of benzene rings is 3. The van der Waals surface area contributed by atoms with E-state index in [-0.39, 0.29) is 39.7 Å². The quantitative estimate of drug-likeness (QED) is 0.233. The highest BCUT2D eigenvalue weighted by Gasteiger charge is 2.73. The Morgan fingerprint density at radius 3 is 1.95 bits per heavy atom. The summed E-state index contributed by atoms with van der Waals surface area (Å²) in [6.45, 7) is 0. The molecule has 0 spiro atoms. The molecule has 0 amide bonds. The maximum absolute atomic E-state index is 14.2. The number of aromatic hydroxyl groups is 1.